The lowest BCUT2D eigenvalue weighted by Gasteiger charge is -2.34. The predicted octanol–water partition coefficient (Wildman–Crippen LogP) is 9.12. The van der Waals surface area contributed by atoms with Crippen molar-refractivity contribution >= 4 is 57.2 Å². The van der Waals surface area contributed by atoms with Crippen LogP contribution < -0.4 is 26.2 Å². The quantitative estimate of drug-likeness (QED) is 0.175. The molecule has 7 aromatic carbocycles. The molecule has 1 aliphatic heterocycles. The van der Waals surface area contributed by atoms with Gasteiger partial charge in [-0.2, -0.15) is 0 Å². The lowest BCUT2D eigenvalue weighted by Crippen LogP contribution is -2.51. The van der Waals surface area contributed by atoms with Gasteiger partial charge in [0.1, 0.15) is 0 Å². The summed E-state index contributed by atoms with van der Waals surface area (Å²) in [5.41, 5.74) is 13.3. The molecule has 3 heteroatoms. The predicted molar refractivity (Wildman–Crippen MR) is 192 cm³/mol. The first-order chi connectivity index (χ1) is 22.4. The van der Waals surface area contributed by atoms with Crippen LogP contribution in [0, 0.1) is 0 Å². The van der Waals surface area contributed by atoms with Gasteiger partial charge in [0.15, 0.2) is 0 Å². The van der Waals surface area contributed by atoms with E-state index in [0.717, 1.165) is 34.1 Å². The number of benzene rings is 7. The van der Waals surface area contributed by atoms with E-state index in [0.29, 0.717) is 0 Å². The molecule has 0 N–H and O–H groups in total. The molecule has 0 aliphatic carbocycles. The molecule has 45 heavy (non-hydrogen) atoms. The largest absolute Gasteiger partial charge is 0.311 e. The lowest BCUT2D eigenvalue weighted by atomic mass is 9.38. The topological polar surface area (TPSA) is 6.48 Å². The van der Waals surface area contributed by atoms with Crippen LogP contribution in [0.4, 0.5) is 34.1 Å². The summed E-state index contributed by atoms with van der Waals surface area (Å²) in [5, 5.41) is 0. The number of nitrogens with zero attached hydrogens (tertiary/aromatic N) is 2. The number of rotatable bonds is 7. The molecule has 0 atom stereocenters. The van der Waals surface area contributed by atoms with Crippen LogP contribution in [-0.4, -0.2) is 6.71 Å². The SMILES string of the molecule is c1ccc(N(c2ccccc2)c2cccc(N(c3ccccc3)c3ccccc3)c2B2c3ccccc3-c3ccccc32)cc1. The number of hydrogen-bond donors (Lipinski definition) is 0. The Balaban J connectivity index is 1.49. The summed E-state index contributed by atoms with van der Waals surface area (Å²) in [6.07, 6.45) is 0. The molecule has 0 aromatic heterocycles. The third-order valence-electron chi connectivity index (χ3n) is 8.72. The van der Waals surface area contributed by atoms with Crippen molar-refractivity contribution in [3.05, 3.63) is 188 Å². The van der Waals surface area contributed by atoms with Gasteiger partial charge in [0, 0.05) is 34.1 Å². The van der Waals surface area contributed by atoms with Gasteiger partial charge < -0.3 is 9.80 Å². The Hall–Kier alpha value is -5.80. The van der Waals surface area contributed by atoms with Crippen LogP contribution in [0.1, 0.15) is 0 Å². The first-order valence-corrected chi connectivity index (χ1v) is 15.5. The average Bonchev–Trinajstić information content (AvgIpc) is 3.45. The highest BCUT2D eigenvalue weighted by Crippen LogP contribution is 2.40. The second-order valence-electron chi connectivity index (χ2n) is 11.3. The van der Waals surface area contributed by atoms with Crippen molar-refractivity contribution in [1.82, 2.24) is 0 Å². The smallest absolute Gasteiger partial charge is 0.248 e. The molecule has 212 valence electrons. The summed E-state index contributed by atoms with van der Waals surface area (Å²) in [7, 11) is 0. The van der Waals surface area contributed by atoms with E-state index < -0.39 is 0 Å². The van der Waals surface area contributed by atoms with Crippen LogP contribution in [0.2, 0.25) is 0 Å². The second kappa shape index (κ2) is 11.7. The summed E-state index contributed by atoms with van der Waals surface area (Å²) in [5.74, 6) is 0. The van der Waals surface area contributed by atoms with E-state index in [1.165, 1.54) is 27.5 Å². The van der Waals surface area contributed by atoms with Gasteiger partial charge in [0.25, 0.3) is 0 Å². The normalized spacial score (nSPS) is 11.5. The number of para-hydroxylation sites is 4. The number of anilines is 6. The third-order valence-corrected chi connectivity index (χ3v) is 8.72. The minimum Gasteiger partial charge on any atom is -0.311 e. The van der Waals surface area contributed by atoms with Crippen molar-refractivity contribution in [3.63, 3.8) is 0 Å². The summed E-state index contributed by atoms with van der Waals surface area (Å²) in [6, 6.07) is 67.5. The zero-order chi connectivity index (χ0) is 30.0. The Bertz CT molecular complexity index is 1840. The Morgan fingerprint density at radius 1 is 0.289 bits per heavy atom. The fraction of sp³-hybridized carbons (Fsp3) is 0. The van der Waals surface area contributed by atoms with E-state index in [9.17, 15) is 0 Å². The van der Waals surface area contributed by atoms with Gasteiger partial charge in [-0.3, -0.25) is 0 Å². The Labute approximate surface area is 265 Å². The highest BCUT2D eigenvalue weighted by atomic mass is 15.2. The highest BCUT2D eigenvalue weighted by Gasteiger charge is 2.38. The average molecular weight is 575 g/mol. The maximum absolute atomic E-state index is 2.41. The molecule has 0 saturated carbocycles. The standard InChI is InChI=1S/C42H31BN2/c1-5-18-32(19-6-1)44(33-20-7-2-8-21-33)40-30-17-31-41(45(34-22-9-3-10-23-34)35-24-11-4-12-25-35)42(40)43-38-28-15-13-26-36(38)37-27-14-16-29-39(37)43/h1-31H. The molecule has 2 nitrogen and oxygen atoms in total. The van der Waals surface area contributed by atoms with Crippen molar-refractivity contribution in [3.8, 4) is 11.1 Å². The van der Waals surface area contributed by atoms with E-state index in [1.807, 2.05) is 0 Å². The molecule has 0 radical (unpaired) electrons. The molecule has 0 saturated heterocycles. The fourth-order valence-corrected chi connectivity index (χ4v) is 6.86. The maximum Gasteiger partial charge on any atom is 0.248 e. The summed E-state index contributed by atoms with van der Waals surface area (Å²) < 4.78 is 0. The molecule has 1 aliphatic rings. The van der Waals surface area contributed by atoms with E-state index >= 15 is 0 Å². The molecule has 0 spiro atoms. The van der Waals surface area contributed by atoms with Gasteiger partial charge in [-0.05, 0) is 77.3 Å². The van der Waals surface area contributed by atoms with Crippen LogP contribution in [0.3, 0.4) is 0 Å². The molecule has 0 bridgehead atoms. The van der Waals surface area contributed by atoms with Crippen LogP contribution in [0.25, 0.3) is 11.1 Å². The molecular weight excluding hydrogens is 543 g/mol. The van der Waals surface area contributed by atoms with Gasteiger partial charge in [-0.15, -0.1) is 0 Å². The van der Waals surface area contributed by atoms with Gasteiger partial charge in [0.05, 0.1) is 0 Å². The zero-order valence-electron chi connectivity index (χ0n) is 24.9. The van der Waals surface area contributed by atoms with Gasteiger partial charge in [-0.1, -0.05) is 138 Å². The van der Waals surface area contributed by atoms with Gasteiger partial charge >= 0.3 is 0 Å². The van der Waals surface area contributed by atoms with Crippen molar-refractivity contribution in [2.24, 2.45) is 0 Å². The minimum absolute atomic E-state index is 0.0217. The monoisotopic (exact) mass is 574 g/mol. The number of hydrogen-bond acceptors (Lipinski definition) is 2. The third kappa shape index (κ3) is 4.79. The van der Waals surface area contributed by atoms with Crippen molar-refractivity contribution in [1.29, 1.82) is 0 Å². The van der Waals surface area contributed by atoms with E-state index in [2.05, 4.69) is 198 Å². The van der Waals surface area contributed by atoms with Gasteiger partial charge in [0.2, 0.25) is 6.71 Å². The minimum atomic E-state index is 0.0217. The van der Waals surface area contributed by atoms with E-state index in [4.69, 9.17) is 0 Å². The Morgan fingerprint density at radius 3 is 0.956 bits per heavy atom. The molecular formula is C42H31BN2. The van der Waals surface area contributed by atoms with Crippen molar-refractivity contribution < 1.29 is 0 Å². The maximum atomic E-state index is 2.41. The van der Waals surface area contributed by atoms with Crippen LogP contribution in [0.5, 0.6) is 0 Å². The van der Waals surface area contributed by atoms with Gasteiger partial charge in [-0.25, -0.2) is 0 Å². The van der Waals surface area contributed by atoms with Crippen molar-refractivity contribution in [2.75, 3.05) is 9.80 Å². The van der Waals surface area contributed by atoms with E-state index in [1.54, 1.807) is 0 Å². The van der Waals surface area contributed by atoms with Crippen molar-refractivity contribution in [2.45, 2.75) is 0 Å². The summed E-state index contributed by atoms with van der Waals surface area (Å²) >= 11 is 0. The molecule has 0 fully saturated rings. The van der Waals surface area contributed by atoms with Crippen LogP contribution >= 0.6 is 0 Å². The summed E-state index contributed by atoms with van der Waals surface area (Å²) in [6.45, 7) is 0.0217. The highest BCUT2D eigenvalue weighted by molar-refractivity contribution is 7.00. The number of fused-ring (bicyclic) bond motifs is 3. The Kier molecular flexibility index (Phi) is 6.97. The van der Waals surface area contributed by atoms with E-state index in [-0.39, 0.29) is 6.71 Å². The van der Waals surface area contributed by atoms with Crippen LogP contribution in [0.15, 0.2) is 188 Å². The Morgan fingerprint density at radius 2 is 0.600 bits per heavy atom. The molecule has 0 unspecified atom stereocenters. The van der Waals surface area contributed by atoms with Crippen LogP contribution in [-0.2, 0) is 0 Å². The molecule has 7 aromatic rings. The first kappa shape index (κ1) is 26.8. The molecule has 1 heterocycles. The molecule has 8 rings (SSSR count). The zero-order valence-corrected chi connectivity index (χ0v) is 24.9. The fourth-order valence-electron chi connectivity index (χ4n) is 6.86. The summed E-state index contributed by atoms with van der Waals surface area (Å²) in [4.78, 5) is 4.83. The lowest BCUT2D eigenvalue weighted by molar-refractivity contribution is 1.26. The second-order valence-corrected chi connectivity index (χ2v) is 11.3. The molecule has 0 amide bonds. The first-order valence-electron chi connectivity index (χ1n) is 15.5.